The second-order valence-corrected chi connectivity index (χ2v) is 8.71. The maximum atomic E-state index is 12.8. The summed E-state index contributed by atoms with van der Waals surface area (Å²) in [5.41, 5.74) is 0.149. The standard InChI is InChI=1S/C22H28F2N2O6/c1-12(30-21(28)26-22(2,3)4)18-15(10-27)25-19(32-18)14-7-8-16(31-20(23)24)17(9-14)29-11-13-5-6-13/h7-9,12-13,20,27H,5-6,10-11H2,1-4H3,(H,26,28)/t12-/m0/s1. The first-order valence-corrected chi connectivity index (χ1v) is 10.4. The molecule has 1 fully saturated rings. The van der Waals surface area contributed by atoms with Crippen molar-refractivity contribution in [3.05, 3.63) is 29.7 Å². The molecule has 8 nitrogen and oxygen atoms in total. The summed E-state index contributed by atoms with van der Waals surface area (Å²) < 4.78 is 46.8. The average molecular weight is 454 g/mol. The van der Waals surface area contributed by atoms with E-state index in [9.17, 15) is 18.7 Å². The highest BCUT2D eigenvalue weighted by molar-refractivity contribution is 5.68. The van der Waals surface area contributed by atoms with Crippen molar-refractivity contribution in [3.63, 3.8) is 0 Å². The second-order valence-electron chi connectivity index (χ2n) is 8.71. The molecule has 3 rings (SSSR count). The molecule has 0 radical (unpaired) electrons. The Balaban J connectivity index is 1.83. The third kappa shape index (κ3) is 6.56. The van der Waals surface area contributed by atoms with E-state index in [-0.39, 0.29) is 28.8 Å². The highest BCUT2D eigenvalue weighted by Gasteiger charge is 2.26. The summed E-state index contributed by atoms with van der Waals surface area (Å²) in [5.74, 6) is 0.767. The van der Waals surface area contributed by atoms with E-state index in [1.54, 1.807) is 6.92 Å². The van der Waals surface area contributed by atoms with Gasteiger partial charge in [0, 0.05) is 11.1 Å². The number of oxazole rings is 1. The van der Waals surface area contributed by atoms with E-state index in [4.69, 9.17) is 13.9 Å². The molecule has 1 aromatic heterocycles. The second kappa shape index (κ2) is 9.72. The lowest BCUT2D eigenvalue weighted by Crippen LogP contribution is -2.41. The number of aliphatic hydroxyl groups excluding tert-OH is 1. The van der Waals surface area contributed by atoms with Crippen LogP contribution in [-0.4, -0.2) is 34.9 Å². The van der Waals surface area contributed by atoms with Gasteiger partial charge in [-0.2, -0.15) is 8.78 Å². The van der Waals surface area contributed by atoms with E-state index in [0.717, 1.165) is 12.8 Å². The van der Waals surface area contributed by atoms with Gasteiger partial charge in [-0.15, -0.1) is 0 Å². The predicted octanol–water partition coefficient (Wildman–Crippen LogP) is 4.81. The lowest BCUT2D eigenvalue weighted by Gasteiger charge is -2.21. The molecular formula is C22H28F2N2O6. The molecule has 1 aliphatic rings. The lowest BCUT2D eigenvalue weighted by atomic mass is 10.1. The number of aromatic nitrogens is 1. The smallest absolute Gasteiger partial charge is 0.408 e. The predicted molar refractivity (Wildman–Crippen MR) is 110 cm³/mol. The van der Waals surface area contributed by atoms with Crippen LogP contribution in [0.15, 0.2) is 22.6 Å². The first kappa shape index (κ1) is 23.8. The first-order chi connectivity index (χ1) is 15.1. The Morgan fingerprint density at radius 1 is 1.31 bits per heavy atom. The summed E-state index contributed by atoms with van der Waals surface area (Å²) in [4.78, 5) is 16.3. The fraction of sp³-hybridized carbons (Fsp3) is 0.545. The highest BCUT2D eigenvalue weighted by Crippen LogP contribution is 2.37. The van der Waals surface area contributed by atoms with Crippen LogP contribution < -0.4 is 14.8 Å². The Morgan fingerprint density at radius 3 is 2.62 bits per heavy atom. The van der Waals surface area contributed by atoms with Crippen molar-refractivity contribution in [2.24, 2.45) is 5.92 Å². The largest absolute Gasteiger partial charge is 0.489 e. The molecule has 1 amide bonds. The summed E-state index contributed by atoms with van der Waals surface area (Å²) in [6.07, 6.45) is 0.604. The molecule has 0 spiro atoms. The van der Waals surface area contributed by atoms with Crippen LogP contribution in [0.2, 0.25) is 0 Å². The normalized spacial score (nSPS) is 14.9. The molecule has 0 aliphatic heterocycles. The Morgan fingerprint density at radius 2 is 2.03 bits per heavy atom. The highest BCUT2D eigenvalue weighted by atomic mass is 19.3. The molecule has 176 valence electrons. The summed E-state index contributed by atoms with van der Waals surface area (Å²) in [7, 11) is 0. The molecule has 10 heteroatoms. The maximum Gasteiger partial charge on any atom is 0.408 e. The summed E-state index contributed by atoms with van der Waals surface area (Å²) in [5, 5.41) is 12.4. The van der Waals surface area contributed by atoms with Crippen LogP contribution in [0.4, 0.5) is 13.6 Å². The summed E-state index contributed by atoms with van der Waals surface area (Å²) in [6, 6.07) is 4.34. The average Bonchev–Trinajstić information content (AvgIpc) is 3.41. The van der Waals surface area contributed by atoms with Gasteiger partial charge < -0.3 is 29.1 Å². The Kier molecular flexibility index (Phi) is 7.22. The van der Waals surface area contributed by atoms with Crippen molar-refractivity contribution in [3.8, 4) is 23.0 Å². The van der Waals surface area contributed by atoms with E-state index in [0.29, 0.717) is 18.1 Å². The number of aliphatic hydroxyl groups is 1. The lowest BCUT2D eigenvalue weighted by molar-refractivity contribution is -0.0515. The topological polar surface area (TPSA) is 103 Å². The van der Waals surface area contributed by atoms with Crippen LogP contribution in [0, 0.1) is 5.92 Å². The van der Waals surface area contributed by atoms with Gasteiger partial charge in [0.1, 0.15) is 5.69 Å². The number of nitrogens with zero attached hydrogens (tertiary/aromatic N) is 1. The third-order valence-corrected chi connectivity index (χ3v) is 4.59. The van der Waals surface area contributed by atoms with E-state index in [2.05, 4.69) is 15.0 Å². The SMILES string of the molecule is C[C@H](OC(=O)NC(C)(C)C)c1oc(-c2ccc(OC(F)F)c(OCC3CC3)c2)nc1CO. The molecule has 0 saturated heterocycles. The number of carbonyl (C=O) groups is 1. The monoisotopic (exact) mass is 454 g/mol. The number of carbonyl (C=O) groups excluding carboxylic acids is 1. The Hall–Kier alpha value is -2.88. The minimum atomic E-state index is -2.99. The zero-order valence-corrected chi connectivity index (χ0v) is 18.5. The van der Waals surface area contributed by atoms with Crippen LogP contribution in [0.1, 0.15) is 58.1 Å². The minimum absolute atomic E-state index is 0.0888. The van der Waals surface area contributed by atoms with Gasteiger partial charge in [-0.3, -0.25) is 0 Å². The summed E-state index contributed by atoms with van der Waals surface area (Å²) >= 11 is 0. The fourth-order valence-electron chi connectivity index (χ4n) is 2.91. The van der Waals surface area contributed by atoms with Gasteiger partial charge >= 0.3 is 12.7 Å². The fourth-order valence-corrected chi connectivity index (χ4v) is 2.91. The van der Waals surface area contributed by atoms with Gasteiger partial charge in [-0.25, -0.2) is 9.78 Å². The van der Waals surface area contributed by atoms with E-state index in [1.807, 2.05) is 20.8 Å². The van der Waals surface area contributed by atoms with Gasteiger partial charge in [0.15, 0.2) is 23.4 Å². The van der Waals surface area contributed by atoms with Gasteiger partial charge in [0.25, 0.3) is 0 Å². The van der Waals surface area contributed by atoms with Crippen molar-refractivity contribution in [2.45, 2.75) is 65.4 Å². The number of halogens is 2. The van der Waals surface area contributed by atoms with E-state index < -0.39 is 31.0 Å². The van der Waals surface area contributed by atoms with Crippen LogP contribution in [0.5, 0.6) is 11.5 Å². The summed E-state index contributed by atoms with van der Waals surface area (Å²) in [6.45, 7) is 4.00. The van der Waals surface area contributed by atoms with Crippen LogP contribution in [-0.2, 0) is 11.3 Å². The molecule has 2 aromatic rings. The number of alkyl halides is 2. The number of ether oxygens (including phenoxy) is 3. The van der Waals surface area contributed by atoms with Crippen LogP contribution >= 0.6 is 0 Å². The maximum absolute atomic E-state index is 12.8. The van der Waals surface area contributed by atoms with Crippen molar-refractivity contribution in [1.82, 2.24) is 10.3 Å². The molecule has 1 heterocycles. The minimum Gasteiger partial charge on any atom is -0.489 e. The molecule has 32 heavy (non-hydrogen) atoms. The molecular weight excluding hydrogens is 426 g/mol. The zero-order chi connectivity index (χ0) is 23.5. The number of amides is 1. The Labute approximate surface area is 184 Å². The van der Waals surface area contributed by atoms with Gasteiger partial charge in [0.05, 0.1) is 13.2 Å². The zero-order valence-electron chi connectivity index (χ0n) is 18.5. The van der Waals surface area contributed by atoms with E-state index >= 15 is 0 Å². The number of hydrogen-bond acceptors (Lipinski definition) is 7. The molecule has 1 saturated carbocycles. The van der Waals surface area contributed by atoms with Gasteiger partial charge in [-0.05, 0) is 64.7 Å². The number of nitrogens with one attached hydrogen (secondary N) is 1. The molecule has 1 aliphatic carbocycles. The first-order valence-electron chi connectivity index (χ1n) is 10.4. The number of hydrogen-bond donors (Lipinski definition) is 2. The molecule has 1 aromatic carbocycles. The van der Waals surface area contributed by atoms with E-state index in [1.165, 1.54) is 18.2 Å². The van der Waals surface area contributed by atoms with Crippen molar-refractivity contribution < 1.29 is 37.3 Å². The van der Waals surface area contributed by atoms with Crippen molar-refractivity contribution >= 4 is 6.09 Å². The molecule has 0 unspecified atom stereocenters. The Bertz CT molecular complexity index is 937. The van der Waals surface area contributed by atoms with Crippen LogP contribution in [0.3, 0.4) is 0 Å². The molecule has 0 bridgehead atoms. The van der Waals surface area contributed by atoms with Gasteiger partial charge in [0.2, 0.25) is 5.89 Å². The van der Waals surface area contributed by atoms with Crippen LogP contribution in [0.25, 0.3) is 11.5 Å². The van der Waals surface area contributed by atoms with Crippen molar-refractivity contribution in [1.29, 1.82) is 0 Å². The quantitative estimate of drug-likeness (QED) is 0.560. The number of alkyl carbamates (subject to hydrolysis) is 1. The molecule has 2 N–H and O–H groups in total. The van der Waals surface area contributed by atoms with Gasteiger partial charge in [-0.1, -0.05) is 0 Å². The van der Waals surface area contributed by atoms with Crippen molar-refractivity contribution in [2.75, 3.05) is 6.61 Å². The number of rotatable bonds is 9. The molecule has 1 atom stereocenters. The third-order valence-electron chi connectivity index (χ3n) is 4.59. The number of benzene rings is 1.